The molecule has 1 fully saturated rings. The lowest BCUT2D eigenvalue weighted by molar-refractivity contribution is -0.126. The van der Waals surface area contributed by atoms with Crippen LogP contribution in [0.1, 0.15) is 49.4 Å². The second-order valence-electron chi connectivity index (χ2n) is 6.26. The molecule has 0 bridgehead atoms. The first-order valence-electron chi connectivity index (χ1n) is 8.56. The van der Waals surface area contributed by atoms with Crippen LogP contribution in [0.3, 0.4) is 0 Å². The standard InChI is InChI=1S/C17H23N5O2/c1-2-8-19-16(23)12-4-6-13(7-5-12)21-17(24)14-11-20-22-10-3-9-18-15(14)22/h3,9-13H,2,4-8H2,1H3,(H,19,23)(H,21,24). The van der Waals surface area contributed by atoms with E-state index in [4.69, 9.17) is 0 Å². The summed E-state index contributed by atoms with van der Waals surface area (Å²) in [6.45, 7) is 2.78. The number of hydrogen-bond acceptors (Lipinski definition) is 4. The summed E-state index contributed by atoms with van der Waals surface area (Å²) in [5.41, 5.74) is 1.04. The molecular formula is C17H23N5O2. The molecule has 2 aromatic rings. The summed E-state index contributed by atoms with van der Waals surface area (Å²) in [5, 5.41) is 10.1. The van der Waals surface area contributed by atoms with Crippen molar-refractivity contribution in [2.45, 2.75) is 45.1 Å². The average Bonchev–Trinajstić information content (AvgIpc) is 3.04. The summed E-state index contributed by atoms with van der Waals surface area (Å²) >= 11 is 0. The van der Waals surface area contributed by atoms with Crippen molar-refractivity contribution in [3.05, 3.63) is 30.2 Å². The maximum absolute atomic E-state index is 12.5. The quantitative estimate of drug-likeness (QED) is 0.871. The van der Waals surface area contributed by atoms with E-state index in [1.165, 1.54) is 0 Å². The van der Waals surface area contributed by atoms with Gasteiger partial charge in [0.25, 0.3) is 5.91 Å². The molecule has 1 saturated carbocycles. The van der Waals surface area contributed by atoms with Gasteiger partial charge in [0.05, 0.1) is 6.20 Å². The minimum absolute atomic E-state index is 0.0725. The van der Waals surface area contributed by atoms with Crippen LogP contribution in [-0.4, -0.2) is 39.0 Å². The van der Waals surface area contributed by atoms with Gasteiger partial charge in [0.15, 0.2) is 5.65 Å². The van der Waals surface area contributed by atoms with Crippen LogP contribution in [-0.2, 0) is 4.79 Å². The fourth-order valence-electron chi connectivity index (χ4n) is 3.14. The number of carbonyl (C=O) groups is 2. The lowest BCUT2D eigenvalue weighted by Crippen LogP contribution is -2.41. The van der Waals surface area contributed by atoms with Crippen LogP contribution in [0.25, 0.3) is 5.65 Å². The molecule has 2 aromatic heterocycles. The van der Waals surface area contributed by atoms with Gasteiger partial charge in [-0.05, 0) is 38.2 Å². The Kier molecular flexibility index (Phi) is 5.08. The van der Waals surface area contributed by atoms with Crippen LogP contribution >= 0.6 is 0 Å². The predicted octanol–water partition coefficient (Wildman–Crippen LogP) is 1.54. The number of fused-ring (bicyclic) bond motifs is 1. The number of carbonyl (C=O) groups excluding carboxylic acids is 2. The van der Waals surface area contributed by atoms with Crippen molar-refractivity contribution in [1.29, 1.82) is 0 Å². The SMILES string of the molecule is CCCNC(=O)C1CCC(NC(=O)c2cnn3cccnc23)CC1. The molecular weight excluding hydrogens is 306 g/mol. The van der Waals surface area contributed by atoms with Crippen molar-refractivity contribution in [2.24, 2.45) is 5.92 Å². The fourth-order valence-corrected chi connectivity index (χ4v) is 3.14. The van der Waals surface area contributed by atoms with Gasteiger partial charge in [0, 0.05) is 30.9 Å². The van der Waals surface area contributed by atoms with E-state index in [-0.39, 0.29) is 23.8 Å². The lowest BCUT2D eigenvalue weighted by atomic mass is 9.85. The van der Waals surface area contributed by atoms with Gasteiger partial charge in [-0.1, -0.05) is 6.92 Å². The molecule has 0 saturated heterocycles. The minimum atomic E-state index is -0.150. The second-order valence-corrected chi connectivity index (χ2v) is 6.26. The summed E-state index contributed by atoms with van der Waals surface area (Å²) in [5.74, 6) is 0.0689. The Morgan fingerprint density at radius 1 is 1.29 bits per heavy atom. The van der Waals surface area contributed by atoms with Gasteiger partial charge in [-0.15, -0.1) is 0 Å². The zero-order valence-electron chi connectivity index (χ0n) is 13.9. The molecule has 2 N–H and O–H groups in total. The molecule has 0 radical (unpaired) electrons. The molecule has 0 spiro atoms. The number of nitrogens with one attached hydrogen (secondary N) is 2. The van der Waals surface area contributed by atoms with Gasteiger partial charge in [-0.3, -0.25) is 9.59 Å². The fraction of sp³-hybridized carbons (Fsp3) is 0.529. The monoisotopic (exact) mass is 329 g/mol. The molecule has 0 aliphatic heterocycles. The zero-order valence-corrected chi connectivity index (χ0v) is 13.9. The van der Waals surface area contributed by atoms with Crippen molar-refractivity contribution in [3.63, 3.8) is 0 Å². The Morgan fingerprint density at radius 2 is 2.08 bits per heavy atom. The van der Waals surface area contributed by atoms with Crippen molar-refractivity contribution in [3.8, 4) is 0 Å². The molecule has 3 rings (SSSR count). The first-order valence-corrected chi connectivity index (χ1v) is 8.56. The van der Waals surface area contributed by atoms with E-state index in [2.05, 4.69) is 20.7 Å². The number of rotatable bonds is 5. The van der Waals surface area contributed by atoms with Gasteiger partial charge in [0.2, 0.25) is 5.91 Å². The van der Waals surface area contributed by atoms with Gasteiger partial charge >= 0.3 is 0 Å². The highest BCUT2D eigenvalue weighted by Gasteiger charge is 2.27. The molecule has 2 heterocycles. The molecule has 2 amide bonds. The van der Waals surface area contributed by atoms with Gasteiger partial charge in [0.1, 0.15) is 5.56 Å². The Bertz CT molecular complexity index is 719. The van der Waals surface area contributed by atoms with E-state index in [0.717, 1.165) is 38.6 Å². The van der Waals surface area contributed by atoms with Crippen LogP contribution in [0.15, 0.2) is 24.7 Å². The summed E-state index contributed by atoms with van der Waals surface area (Å²) in [6, 6.07) is 1.87. The number of hydrogen-bond donors (Lipinski definition) is 2. The summed E-state index contributed by atoms with van der Waals surface area (Å²) in [7, 11) is 0. The highest BCUT2D eigenvalue weighted by molar-refractivity contribution is 5.99. The Morgan fingerprint density at radius 3 is 2.83 bits per heavy atom. The molecule has 0 aromatic carbocycles. The summed E-state index contributed by atoms with van der Waals surface area (Å²) < 4.78 is 1.59. The van der Waals surface area contributed by atoms with Crippen molar-refractivity contribution < 1.29 is 9.59 Å². The second kappa shape index (κ2) is 7.42. The van der Waals surface area contributed by atoms with Crippen LogP contribution in [0.5, 0.6) is 0 Å². The van der Waals surface area contributed by atoms with E-state index < -0.39 is 0 Å². The normalized spacial score (nSPS) is 20.7. The molecule has 7 nitrogen and oxygen atoms in total. The topological polar surface area (TPSA) is 88.4 Å². The Balaban J connectivity index is 1.54. The Hall–Kier alpha value is -2.44. The molecule has 7 heteroatoms. The minimum Gasteiger partial charge on any atom is -0.356 e. The number of nitrogens with zero attached hydrogens (tertiary/aromatic N) is 3. The molecule has 128 valence electrons. The van der Waals surface area contributed by atoms with Crippen LogP contribution < -0.4 is 10.6 Å². The van der Waals surface area contributed by atoms with Crippen molar-refractivity contribution >= 4 is 17.5 Å². The maximum atomic E-state index is 12.5. The van der Waals surface area contributed by atoms with Crippen LogP contribution in [0.4, 0.5) is 0 Å². The highest BCUT2D eigenvalue weighted by atomic mass is 16.2. The van der Waals surface area contributed by atoms with Crippen molar-refractivity contribution in [2.75, 3.05) is 6.54 Å². The van der Waals surface area contributed by atoms with Crippen LogP contribution in [0, 0.1) is 5.92 Å². The Labute approximate surface area is 140 Å². The molecule has 24 heavy (non-hydrogen) atoms. The van der Waals surface area contributed by atoms with E-state index in [9.17, 15) is 9.59 Å². The largest absolute Gasteiger partial charge is 0.356 e. The van der Waals surface area contributed by atoms with Gasteiger partial charge in [-0.2, -0.15) is 5.10 Å². The van der Waals surface area contributed by atoms with E-state index in [1.807, 2.05) is 6.92 Å². The first-order chi connectivity index (χ1) is 11.7. The van der Waals surface area contributed by atoms with E-state index in [1.54, 1.807) is 29.2 Å². The molecule has 1 aliphatic rings. The maximum Gasteiger partial charge on any atom is 0.256 e. The summed E-state index contributed by atoms with van der Waals surface area (Å²) in [6.07, 6.45) is 9.17. The highest BCUT2D eigenvalue weighted by Crippen LogP contribution is 2.25. The number of amides is 2. The summed E-state index contributed by atoms with van der Waals surface area (Å²) in [4.78, 5) is 28.7. The van der Waals surface area contributed by atoms with Crippen LogP contribution in [0.2, 0.25) is 0 Å². The van der Waals surface area contributed by atoms with Gasteiger partial charge < -0.3 is 10.6 Å². The number of aromatic nitrogens is 3. The molecule has 0 atom stereocenters. The third-order valence-corrected chi connectivity index (χ3v) is 4.51. The molecule has 0 unspecified atom stereocenters. The molecule has 1 aliphatic carbocycles. The van der Waals surface area contributed by atoms with Crippen molar-refractivity contribution in [1.82, 2.24) is 25.2 Å². The van der Waals surface area contributed by atoms with Gasteiger partial charge in [-0.25, -0.2) is 9.50 Å². The van der Waals surface area contributed by atoms with E-state index >= 15 is 0 Å². The first kappa shape index (κ1) is 16.4. The smallest absolute Gasteiger partial charge is 0.256 e. The predicted molar refractivity (Wildman–Crippen MR) is 89.5 cm³/mol. The third-order valence-electron chi connectivity index (χ3n) is 4.51. The average molecular weight is 329 g/mol. The lowest BCUT2D eigenvalue weighted by Gasteiger charge is -2.28. The zero-order chi connectivity index (χ0) is 16.9. The third kappa shape index (κ3) is 3.55. The van der Waals surface area contributed by atoms with E-state index in [0.29, 0.717) is 11.2 Å².